The molecule has 0 aliphatic heterocycles. The molecule has 2 aromatic heterocycles. The van der Waals surface area contributed by atoms with E-state index in [4.69, 9.17) is 0 Å². The number of imidazole rings is 2. The lowest BCUT2D eigenvalue weighted by Gasteiger charge is -2.07. The maximum Gasteiger partial charge on any atom is 0.0927 e. The summed E-state index contributed by atoms with van der Waals surface area (Å²) in [7, 11) is 0. The molecule has 4 rings (SSSR count). The number of nitrogens with zero attached hydrogens (tertiary/aromatic N) is 2. The third kappa shape index (κ3) is 1.62. The molecule has 0 fully saturated rings. The minimum absolute atomic E-state index is 0.953. The summed E-state index contributed by atoms with van der Waals surface area (Å²) < 4.78 is 0. The maximum absolute atomic E-state index is 4.35. The van der Waals surface area contributed by atoms with E-state index in [0.717, 1.165) is 22.5 Å². The van der Waals surface area contributed by atoms with Gasteiger partial charge in [0.15, 0.2) is 0 Å². The first-order chi connectivity index (χ1) is 9.93. The Hall–Kier alpha value is -2.88. The largest absolute Gasteiger partial charge is 0.351 e. The van der Waals surface area contributed by atoms with Crippen molar-refractivity contribution >= 4 is 10.8 Å². The van der Waals surface area contributed by atoms with E-state index in [0.29, 0.717) is 0 Å². The molecule has 4 aromatic rings. The third-order valence-corrected chi connectivity index (χ3v) is 3.47. The number of nitrogens with one attached hydrogen (secondary N) is 2. The van der Waals surface area contributed by atoms with Gasteiger partial charge in [-0.05, 0) is 10.8 Å². The summed E-state index contributed by atoms with van der Waals surface area (Å²) in [6.07, 6.45) is 7.23. The summed E-state index contributed by atoms with van der Waals surface area (Å²) in [4.78, 5) is 14.7. The minimum Gasteiger partial charge on any atom is -0.351 e. The third-order valence-electron chi connectivity index (χ3n) is 3.47. The number of aromatic amines is 2. The second-order valence-electron chi connectivity index (χ2n) is 4.62. The van der Waals surface area contributed by atoms with Crippen molar-refractivity contribution in [1.82, 2.24) is 19.9 Å². The Bertz CT molecular complexity index is 772. The van der Waals surface area contributed by atoms with E-state index in [9.17, 15) is 0 Å². The minimum atomic E-state index is 0.953. The monoisotopic (exact) mass is 260 g/mol. The second-order valence-corrected chi connectivity index (χ2v) is 4.62. The average molecular weight is 260 g/mol. The van der Waals surface area contributed by atoms with Gasteiger partial charge in [-0.15, -0.1) is 0 Å². The summed E-state index contributed by atoms with van der Waals surface area (Å²) in [6.45, 7) is 0. The van der Waals surface area contributed by atoms with Crippen LogP contribution in [0.5, 0.6) is 0 Å². The van der Waals surface area contributed by atoms with Gasteiger partial charge in [-0.1, -0.05) is 36.4 Å². The van der Waals surface area contributed by atoms with Gasteiger partial charge in [0.05, 0.1) is 24.0 Å². The van der Waals surface area contributed by atoms with Gasteiger partial charge in [0.25, 0.3) is 0 Å². The first-order valence-electron chi connectivity index (χ1n) is 6.43. The van der Waals surface area contributed by atoms with Gasteiger partial charge >= 0.3 is 0 Å². The first-order valence-corrected chi connectivity index (χ1v) is 6.43. The molecule has 96 valence electrons. The first kappa shape index (κ1) is 11.0. The van der Waals surface area contributed by atoms with E-state index in [1.54, 1.807) is 12.7 Å². The lowest BCUT2D eigenvalue weighted by molar-refractivity contribution is 1.31. The van der Waals surface area contributed by atoms with Crippen molar-refractivity contribution in [2.45, 2.75) is 0 Å². The molecule has 0 unspecified atom stereocenters. The number of H-pyrrole nitrogens is 2. The van der Waals surface area contributed by atoms with Crippen LogP contribution < -0.4 is 0 Å². The Kier molecular flexibility index (Phi) is 2.39. The number of hydrogen-bond acceptors (Lipinski definition) is 2. The van der Waals surface area contributed by atoms with Crippen LogP contribution >= 0.6 is 0 Å². The fraction of sp³-hybridized carbons (Fsp3) is 0. The van der Waals surface area contributed by atoms with Crippen LogP contribution in [0.3, 0.4) is 0 Å². The fourth-order valence-electron chi connectivity index (χ4n) is 2.57. The molecule has 4 nitrogen and oxygen atoms in total. The highest BCUT2D eigenvalue weighted by molar-refractivity contribution is 6.03. The SMILES string of the molecule is c1cc(-c2c[nH]cn2)c2cccc(-c3c[nH]cn3)c2c1. The van der Waals surface area contributed by atoms with Crippen molar-refractivity contribution in [3.05, 3.63) is 61.4 Å². The zero-order chi connectivity index (χ0) is 13.4. The molecule has 20 heavy (non-hydrogen) atoms. The average Bonchev–Trinajstić information content (AvgIpc) is 3.19. The van der Waals surface area contributed by atoms with E-state index < -0.39 is 0 Å². The number of hydrogen-bond donors (Lipinski definition) is 2. The Balaban J connectivity index is 2.04. The van der Waals surface area contributed by atoms with Gasteiger partial charge in [-0.2, -0.15) is 0 Å². The smallest absolute Gasteiger partial charge is 0.0927 e. The lowest BCUT2D eigenvalue weighted by Crippen LogP contribution is -1.85. The van der Waals surface area contributed by atoms with Crippen molar-refractivity contribution in [3.63, 3.8) is 0 Å². The van der Waals surface area contributed by atoms with Crippen LogP contribution in [0.1, 0.15) is 0 Å². The van der Waals surface area contributed by atoms with Gasteiger partial charge in [-0.3, -0.25) is 0 Å². The van der Waals surface area contributed by atoms with Crippen molar-refractivity contribution < 1.29 is 0 Å². The predicted molar refractivity (Wildman–Crippen MR) is 79.1 cm³/mol. The fourth-order valence-corrected chi connectivity index (χ4v) is 2.57. The van der Waals surface area contributed by atoms with Crippen LogP contribution in [0.2, 0.25) is 0 Å². The summed E-state index contributed by atoms with van der Waals surface area (Å²) in [5.74, 6) is 0. The Morgan fingerprint density at radius 1 is 0.650 bits per heavy atom. The van der Waals surface area contributed by atoms with Crippen molar-refractivity contribution in [2.75, 3.05) is 0 Å². The normalized spacial score (nSPS) is 11.0. The molecule has 2 aromatic carbocycles. The molecule has 0 spiro atoms. The van der Waals surface area contributed by atoms with Gasteiger partial charge in [0, 0.05) is 23.5 Å². The van der Waals surface area contributed by atoms with Gasteiger partial charge in [0.2, 0.25) is 0 Å². The molecule has 4 heteroatoms. The molecular weight excluding hydrogens is 248 g/mol. The standard InChI is InChI=1S/C16H12N4/c1-3-11-12(13(5-1)15-7-17-9-19-15)4-2-6-14(11)16-8-18-10-20-16/h1-10H,(H,17,19)(H,18,20). The van der Waals surface area contributed by atoms with Crippen LogP contribution in [-0.2, 0) is 0 Å². The van der Waals surface area contributed by atoms with Crippen LogP contribution in [0.25, 0.3) is 33.3 Å². The summed E-state index contributed by atoms with van der Waals surface area (Å²) in [6, 6.07) is 12.5. The number of rotatable bonds is 2. The van der Waals surface area contributed by atoms with Crippen LogP contribution in [0.4, 0.5) is 0 Å². The summed E-state index contributed by atoms with van der Waals surface area (Å²) >= 11 is 0. The Labute approximate surface area is 115 Å². The van der Waals surface area contributed by atoms with E-state index in [1.165, 1.54) is 10.8 Å². The molecule has 0 amide bonds. The molecular formula is C16H12N4. The van der Waals surface area contributed by atoms with Gasteiger partial charge in [-0.25, -0.2) is 9.97 Å². The van der Waals surface area contributed by atoms with Crippen molar-refractivity contribution in [1.29, 1.82) is 0 Å². The van der Waals surface area contributed by atoms with Crippen LogP contribution in [-0.4, -0.2) is 19.9 Å². The van der Waals surface area contributed by atoms with E-state index in [2.05, 4.69) is 56.3 Å². The number of aromatic nitrogens is 4. The molecule has 2 N–H and O–H groups in total. The molecule has 2 heterocycles. The molecule has 0 atom stereocenters. The van der Waals surface area contributed by atoms with Gasteiger partial charge < -0.3 is 9.97 Å². The highest BCUT2D eigenvalue weighted by atomic mass is 14.9. The molecule has 0 saturated heterocycles. The van der Waals surface area contributed by atoms with E-state index in [1.807, 2.05) is 12.4 Å². The topological polar surface area (TPSA) is 57.4 Å². The lowest BCUT2D eigenvalue weighted by atomic mass is 9.97. The Morgan fingerprint density at radius 2 is 1.15 bits per heavy atom. The quantitative estimate of drug-likeness (QED) is 0.578. The highest BCUT2D eigenvalue weighted by Crippen LogP contribution is 2.32. The molecule has 0 aliphatic carbocycles. The molecule has 0 saturated carbocycles. The molecule has 0 radical (unpaired) electrons. The molecule has 0 aliphatic rings. The summed E-state index contributed by atoms with van der Waals surface area (Å²) in [5, 5.41) is 2.36. The number of fused-ring (bicyclic) bond motifs is 1. The number of benzene rings is 2. The van der Waals surface area contributed by atoms with Crippen molar-refractivity contribution in [2.24, 2.45) is 0 Å². The predicted octanol–water partition coefficient (Wildman–Crippen LogP) is 3.62. The summed E-state index contributed by atoms with van der Waals surface area (Å²) in [5.41, 5.74) is 4.16. The second kappa shape index (κ2) is 4.35. The van der Waals surface area contributed by atoms with Crippen LogP contribution in [0, 0.1) is 0 Å². The highest BCUT2D eigenvalue weighted by Gasteiger charge is 2.09. The van der Waals surface area contributed by atoms with E-state index >= 15 is 0 Å². The zero-order valence-corrected chi connectivity index (χ0v) is 10.7. The van der Waals surface area contributed by atoms with Gasteiger partial charge in [0.1, 0.15) is 0 Å². The Morgan fingerprint density at radius 3 is 1.55 bits per heavy atom. The molecule has 0 bridgehead atoms. The van der Waals surface area contributed by atoms with E-state index in [-0.39, 0.29) is 0 Å². The van der Waals surface area contributed by atoms with Crippen LogP contribution in [0.15, 0.2) is 61.4 Å². The van der Waals surface area contributed by atoms with Crippen molar-refractivity contribution in [3.8, 4) is 22.5 Å². The maximum atomic E-state index is 4.35. The zero-order valence-electron chi connectivity index (χ0n) is 10.7.